The molecule has 0 bridgehead atoms. The average Bonchev–Trinajstić information content (AvgIpc) is 3.23. The number of hydrogen-bond acceptors (Lipinski definition) is 9. The van der Waals surface area contributed by atoms with E-state index in [9.17, 15) is 19.2 Å². The van der Waals surface area contributed by atoms with Gasteiger partial charge in [-0.05, 0) is 24.6 Å². The van der Waals surface area contributed by atoms with Crippen LogP contribution >= 0.6 is 11.3 Å². The Hall–Kier alpha value is -3.18. The highest BCUT2D eigenvalue weighted by Gasteiger charge is 2.44. The van der Waals surface area contributed by atoms with Crippen LogP contribution in [0.2, 0.25) is 0 Å². The van der Waals surface area contributed by atoms with Crippen LogP contribution in [0.5, 0.6) is 0 Å². The van der Waals surface area contributed by atoms with Gasteiger partial charge in [0.25, 0.3) is 11.8 Å². The molecule has 4 amide bonds. The molecule has 2 saturated heterocycles. The van der Waals surface area contributed by atoms with Crippen LogP contribution in [0.4, 0.5) is 5.69 Å². The van der Waals surface area contributed by atoms with Crippen molar-refractivity contribution in [2.24, 2.45) is 0 Å². The number of anilines is 1. The third kappa shape index (κ3) is 3.15. The van der Waals surface area contributed by atoms with E-state index in [4.69, 9.17) is 0 Å². The van der Waals surface area contributed by atoms with E-state index in [1.807, 2.05) is 0 Å². The summed E-state index contributed by atoms with van der Waals surface area (Å²) in [7, 11) is 0. The smallest absolute Gasteiger partial charge is 0.262 e. The average molecular weight is 426 g/mol. The predicted octanol–water partition coefficient (Wildman–Crippen LogP) is 0.238. The number of nitrogens with zero attached hydrogens (tertiary/aromatic N) is 3. The van der Waals surface area contributed by atoms with E-state index in [0.717, 1.165) is 28.0 Å². The Morgan fingerprint density at radius 1 is 1.10 bits per heavy atom. The summed E-state index contributed by atoms with van der Waals surface area (Å²) < 4.78 is 0. The summed E-state index contributed by atoms with van der Waals surface area (Å²) in [5.74, 6) is -1.62. The van der Waals surface area contributed by atoms with Crippen LogP contribution in [0.25, 0.3) is 0 Å². The van der Waals surface area contributed by atoms with E-state index in [-0.39, 0.29) is 24.0 Å². The normalized spacial score (nSPS) is 21.5. The van der Waals surface area contributed by atoms with Gasteiger partial charge in [-0.25, -0.2) is 0 Å². The van der Waals surface area contributed by atoms with Crippen LogP contribution < -0.4 is 16.0 Å². The van der Waals surface area contributed by atoms with Gasteiger partial charge in [0.05, 0.1) is 17.7 Å². The lowest BCUT2D eigenvalue weighted by atomic mass is 10.0. The summed E-state index contributed by atoms with van der Waals surface area (Å²) in [4.78, 5) is 50.0. The van der Waals surface area contributed by atoms with Gasteiger partial charge in [-0.15, -0.1) is 10.2 Å². The zero-order chi connectivity index (χ0) is 20.8. The molecule has 1 unspecified atom stereocenters. The first kappa shape index (κ1) is 18.8. The molecule has 1 atom stereocenters. The van der Waals surface area contributed by atoms with Gasteiger partial charge in [0.15, 0.2) is 0 Å². The molecule has 0 saturated carbocycles. The van der Waals surface area contributed by atoms with E-state index in [1.165, 1.54) is 0 Å². The standard InChI is InChI=1S/C19H18N6O4S/c26-14-4-3-13(16(27)22-14)25-18(28)11-2-1-10(5-12(11)19(25)29)21-8-15-23-24-17(30-15)9-6-20-7-9/h1-2,5,9,13,20-21H,3-4,6-8H2,(H,22,26,27). The van der Waals surface area contributed by atoms with Gasteiger partial charge in [0.1, 0.15) is 16.1 Å². The minimum absolute atomic E-state index is 0.0946. The Morgan fingerprint density at radius 2 is 1.90 bits per heavy atom. The highest BCUT2D eigenvalue weighted by Crippen LogP contribution is 2.30. The van der Waals surface area contributed by atoms with Gasteiger partial charge >= 0.3 is 0 Å². The van der Waals surface area contributed by atoms with Crippen molar-refractivity contribution in [3.8, 4) is 0 Å². The number of imide groups is 2. The van der Waals surface area contributed by atoms with E-state index in [2.05, 4.69) is 26.1 Å². The van der Waals surface area contributed by atoms with Crippen molar-refractivity contribution in [1.82, 2.24) is 25.7 Å². The molecule has 3 N–H and O–H groups in total. The number of hydrogen-bond donors (Lipinski definition) is 3. The molecule has 0 radical (unpaired) electrons. The van der Waals surface area contributed by atoms with Crippen molar-refractivity contribution >= 4 is 40.7 Å². The monoisotopic (exact) mass is 426 g/mol. The fourth-order valence-electron chi connectivity index (χ4n) is 3.72. The topological polar surface area (TPSA) is 133 Å². The first-order chi connectivity index (χ1) is 14.5. The minimum atomic E-state index is -0.965. The maximum atomic E-state index is 12.9. The number of rotatable bonds is 5. The maximum Gasteiger partial charge on any atom is 0.262 e. The molecule has 5 rings (SSSR count). The van der Waals surface area contributed by atoms with Crippen LogP contribution in [0.15, 0.2) is 18.2 Å². The predicted molar refractivity (Wildman–Crippen MR) is 106 cm³/mol. The fourth-order valence-corrected chi connectivity index (χ4v) is 4.61. The molecule has 154 valence electrons. The molecule has 1 aromatic carbocycles. The van der Waals surface area contributed by atoms with Gasteiger partial charge < -0.3 is 10.6 Å². The number of fused-ring (bicyclic) bond motifs is 1. The third-order valence-electron chi connectivity index (χ3n) is 5.50. The van der Waals surface area contributed by atoms with Crippen LogP contribution in [0.3, 0.4) is 0 Å². The number of carbonyl (C=O) groups excluding carboxylic acids is 4. The molecular weight excluding hydrogens is 408 g/mol. The lowest BCUT2D eigenvalue weighted by Crippen LogP contribution is -2.54. The highest BCUT2D eigenvalue weighted by atomic mass is 32.1. The van der Waals surface area contributed by atoms with Crippen LogP contribution in [-0.2, 0) is 16.1 Å². The van der Waals surface area contributed by atoms with Crippen LogP contribution in [-0.4, -0.2) is 57.9 Å². The summed E-state index contributed by atoms with van der Waals surface area (Å²) >= 11 is 1.56. The van der Waals surface area contributed by atoms with Crippen LogP contribution in [0, 0.1) is 0 Å². The van der Waals surface area contributed by atoms with Crippen molar-refractivity contribution in [2.45, 2.75) is 31.3 Å². The Labute approximate surface area is 175 Å². The largest absolute Gasteiger partial charge is 0.378 e. The lowest BCUT2D eigenvalue weighted by Gasteiger charge is -2.27. The zero-order valence-electron chi connectivity index (χ0n) is 15.8. The summed E-state index contributed by atoms with van der Waals surface area (Å²) in [6.07, 6.45) is 0.231. The molecule has 10 nitrogen and oxygen atoms in total. The first-order valence-electron chi connectivity index (χ1n) is 9.64. The molecule has 0 spiro atoms. The van der Waals surface area contributed by atoms with E-state index in [1.54, 1.807) is 29.5 Å². The van der Waals surface area contributed by atoms with E-state index < -0.39 is 29.7 Å². The van der Waals surface area contributed by atoms with Crippen molar-refractivity contribution in [3.05, 3.63) is 39.3 Å². The Bertz CT molecular complexity index is 1080. The zero-order valence-corrected chi connectivity index (χ0v) is 16.6. The Balaban J connectivity index is 1.30. The molecule has 2 fully saturated rings. The van der Waals surface area contributed by atoms with Gasteiger partial charge in [-0.1, -0.05) is 11.3 Å². The minimum Gasteiger partial charge on any atom is -0.378 e. The van der Waals surface area contributed by atoms with Gasteiger partial charge in [-0.2, -0.15) is 0 Å². The van der Waals surface area contributed by atoms with E-state index >= 15 is 0 Å². The Morgan fingerprint density at radius 3 is 2.63 bits per heavy atom. The number of amides is 4. The first-order valence-corrected chi connectivity index (χ1v) is 10.5. The second-order valence-corrected chi connectivity index (χ2v) is 8.54. The second-order valence-electron chi connectivity index (χ2n) is 7.45. The van der Waals surface area contributed by atoms with Crippen molar-refractivity contribution in [1.29, 1.82) is 0 Å². The van der Waals surface area contributed by atoms with Gasteiger partial charge in [0, 0.05) is 31.1 Å². The number of piperidine rings is 1. The summed E-state index contributed by atoms with van der Waals surface area (Å²) in [6.45, 7) is 2.30. The highest BCUT2D eigenvalue weighted by molar-refractivity contribution is 7.11. The lowest BCUT2D eigenvalue weighted by molar-refractivity contribution is -0.136. The molecule has 3 aliphatic rings. The molecule has 4 heterocycles. The van der Waals surface area contributed by atoms with E-state index in [0.29, 0.717) is 18.2 Å². The van der Waals surface area contributed by atoms with Gasteiger partial charge in [0.2, 0.25) is 11.8 Å². The molecule has 0 aliphatic carbocycles. The summed E-state index contributed by atoms with van der Waals surface area (Å²) in [6, 6.07) is 3.94. The molecule has 2 aromatic rings. The third-order valence-corrected chi connectivity index (χ3v) is 6.58. The quantitative estimate of drug-likeness (QED) is 0.579. The maximum absolute atomic E-state index is 12.9. The summed E-state index contributed by atoms with van der Waals surface area (Å²) in [5.41, 5.74) is 1.17. The molecular formula is C19H18N6O4S. The second kappa shape index (κ2) is 7.26. The molecule has 30 heavy (non-hydrogen) atoms. The number of nitrogens with one attached hydrogen (secondary N) is 3. The Kier molecular flexibility index (Phi) is 4.55. The molecule has 11 heteroatoms. The summed E-state index contributed by atoms with van der Waals surface area (Å²) in [5, 5.41) is 18.9. The molecule has 1 aromatic heterocycles. The van der Waals surface area contributed by atoms with Crippen molar-refractivity contribution in [3.63, 3.8) is 0 Å². The number of benzene rings is 1. The van der Waals surface area contributed by atoms with Gasteiger partial charge in [-0.3, -0.25) is 29.4 Å². The SMILES string of the molecule is O=C1CCC(N2C(=O)c3ccc(NCc4nnc(C5CNC5)s4)cc3C2=O)C(=O)N1. The van der Waals surface area contributed by atoms with Crippen molar-refractivity contribution < 1.29 is 19.2 Å². The molecule has 3 aliphatic heterocycles. The number of aromatic nitrogens is 2. The fraction of sp³-hybridized carbons (Fsp3) is 0.368. The number of carbonyl (C=O) groups is 4. The van der Waals surface area contributed by atoms with Crippen LogP contribution in [0.1, 0.15) is 49.5 Å². The van der Waals surface area contributed by atoms with Crippen molar-refractivity contribution in [2.75, 3.05) is 18.4 Å².